The van der Waals surface area contributed by atoms with Crippen molar-refractivity contribution in [2.75, 3.05) is 13.7 Å². The van der Waals surface area contributed by atoms with Crippen molar-refractivity contribution in [1.29, 1.82) is 0 Å². The van der Waals surface area contributed by atoms with Crippen LogP contribution in [0, 0.1) is 0 Å². The Morgan fingerprint density at radius 2 is 1.60 bits per heavy atom. The van der Waals surface area contributed by atoms with Gasteiger partial charge in [-0.3, -0.25) is 0 Å². The second-order valence-electron chi connectivity index (χ2n) is 7.96. The molecule has 1 fully saturated rings. The van der Waals surface area contributed by atoms with Crippen LogP contribution < -0.4 is 4.74 Å². The highest BCUT2D eigenvalue weighted by Crippen LogP contribution is 2.38. The van der Waals surface area contributed by atoms with Gasteiger partial charge in [0.15, 0.2) is 0 Å². The van der Waals surface area contributed by atoms with Gasteiger partial charge in [0.25, 0.3) is 0 Å². The normalized spacial score (nSPS) is 21.1. The predicted molar refractivity (Wildman–Crippen MR) is 117 cm³/mol. The van der Waals surface area contributed by atoms with Crippen LogP contribution >= 0.6 is 0 Å². The SMILES string of the molecule is CCCCCOc1ccc(-c2ccc(C3(O)CCC(OC(=O)OC)CC3)cc2)cc1. The molecule has 5 nitrogen and oxygen atoms in total. The molecule has 1 saturated carbocycles. The summed E-state index contributed by atoms with van der Waals surface area (Å²) in [6, 6.07) is 16.2. The Labute approximate surface area is 179 Å². The topological polar surface area (TPSA) is 65.0 Å². The van der Waals surface area contributed by atoms with Gasteiger partial charge >= 0.3 is 6.16 Å². The molecule has 2 aromatic carbocycles. The summed E-state index contributed by atoms with van der Waals surface area (Å²) in [5.74, 6) is 0.895. The smallest absolute Gasteiger partial charge is 0.494 e. The third-order valence-electron chi connectivity index (χ3n) is 5.82. The number of ether oxygens (including phenoxy) is 3. The lowest BCUT2D eigenvalue weighted by Crippen LogP contribution is -2.35. The quantitative estimate of drug-likeness (QED) is 0.436. The fraction of sp³-hybridized carbons (Fsp3) is 0.480. The van der Waals surface area contributed by atoms with Gasteiger partial charge < -0.3 is 19.3 Å². The number of methoxy groups -OCH3 is 1. The van der Waals surface area contributed by atoms with E-state index < -0.39 is 11.8 Å². The molecule has 30 heavy (non-hydrogen) atoms. The molecule has 1 N–H and O–H groups in total. The third kappa shape index (κ3) is 5.76. The summed E-state index contributed by atoms with van der Waals surface area (Å²) in [4.78, 5) is 11.3. The monoisotopic (exact) mass is 412 g/mol. The first-order chi connectivity index (χ1) is 14.5. The number of rotatable bonds is 8. The maximum atomic E-state index is 11.3. The van der Waals surface area contributed by atoms with Gasteiger partial charge in [0, 0.05) is 0 Å². The van der Waals surface area contributed by atoms with Gasteiger partial charge in [-0.15, -0.1) is 0 Å². The minimum absolute atomic E-state index is 0.195. The van der Waals surface area contributed by atoms with Crippen molar-refractivity contribution in [3.63, 3.8) is 0 Å². The lowest BCUT2D eigenvalue weighted by molar-refractivity contribution is -0.0508. The molecule has 0 atom stereocenters. The molecule has 0 heterocycles. The van der Waals surface area contributed by atoms with Crippen LogP contribution in [0.15, 0.2) is 48.5 Å². The minimum atomic E-state index is -0.884. The number of hydrogen-bond donors (Lipinski definition) is 1. The van der Waals surface area contributed by atoms with Crippen molar-refractivity contribution < 1.29 is 24.1 Å². The molecule has 1 aliphatic carbocycles. The molecule has 1 aliphatic rings. The van der Waals surface area contributed by atoms with E-state index in [9.17, 15) is 9.90 Å². The van der Waals surface area contributed by atoms with Gasteiger partial charge in [0.05, 0.1) is 19.3 Å². The van der Waals surface area contributed by atoms with E-state index in [-0.39, 0.29) is 6.10 Å². The number of hydrogen-bond acceptors (Lipinski definition) is 5. The first-order valence-electron chi connectivity index (χ1n) is 10.8. The number of benzene rings is 2. The van der Waals surface area contributed by atoms with Gasteiger partial charge in [-0.25, -0.2) is 4.79 Å². The molecule has 162 valence electrons. The first-order valence-corrected chi connectivity index (χ1v) is 10.8. The van der Waals surface area contributed by atoms with Gasteiger partial charge in [-0.05, 0) is 60.9 Å². The van der Waals surface area contributed by atoms with Crippen LogP contribution in [-0.4, -0.2) is 31.1 Å². The molecule has 5 heteroatoms. The summed E-state index contributed by atoms with van der Waals surface area (Å²) < 4.78 is 15.5. The minimum Gasteiger partial charge on any atom is -0.494 e. The first kappa shape index (κ1) is 22.2. The van der Waals surface area contributed by atoms with Crippen molar-refractivity contribution in [2.45, 2.75) is 63.6 Å². The lowest BCUT2D eigenvalue weighted by atomic mass is 9.78. The summed E-state index contributed by atoms with van der Waals surface area (Å²) in [6.07, 6.45) is 4.95. The van der Waals surface area contributed by atoms with Gasteiger partial charge in [0.2, 0.25) is 0 Å². The van der Waals surface area contributed by atoms with E-state index in [0.29, 0.717) is 25.7 Å². The fourth-order valence-electron chi connectivity index (χ4n) is 3.92. The molecule has 0 spiro atoms. The van der Waals surface area contributed by atoms with Crippen LogP contribution in [0.3, 0.4) is 0 Å². The van der Waals surface area contributed by atoms with Crippen LogP contribution in [0.4, 0.5) is 4.79 Å². The number of carbonyl (C=O) groups excluding carboxylic acids is 1. The third-order valence-corrected chi connectivity index (χ3v) is 5.82. The summed E-state index contributed by atoms with van der Waals surface area (Å²) in [5.41, 5.74) is 2.23. The number of unbranched alkanes of at least 4 members (excludes halogenated alkanes) is 2. The van der Waals surface area contributed by atoms with E-state index in [2.05, 4.69) is 23.8 Å². The summed E-state index contributed by atoms with van der Waals surface area (Å²) >= 11 is 0. The Kier molecular flexibility index (Phi) is 7.75. The highest BCUT2D eigenvalue weighted by Gasteiger charge is 2.36. The Morgan fingerprint density at radius 1 is 1.00 bits per heavy atom. The maximum absolute atomic E-state index is 11.3. The molecule has 0 saturated heterocycles. The second-order valence-corrected chi connectivity index (χ2v) is 7.96. The molecular weight excluding hydrogens is 380 g/mol. The summed E-state index contributed by atoms with van der Waals surface area (Å²) in [5, 5.41) is 11.1. The molecule has 0 bridgehead atoms. The van der Waals surface area contributed by atoms with Crippen LogP contribution in [0.1, 0.15) is 57.4 Å². The predicted octanol–water partition coefficient (Wildman–Crippen LogP) is 5.84. The van der Waals surface area contributed by atoms with E-state index in [1.165, 1.54) is 20.0 Å². The number of aliphatic hydroxyl groups is 1. The molecule has 0 aliphatic heterocycles. The molecule has 0 radical (unpaired) electrons. The van der Waals surface area contributed by atoms with Gasteiger partial charge in [-0.2, -0.15) is 0 Å². The van der Waals surface area contributed by atoms with Crippen LogP contribution in [0.2, 0.25) is 0 Å². The molecule has 3 rings (SSSR count). The Morgan fingerprint density at radius 3 is 2.17 bits per heavy atom. The molecular formula is C25H32O5. The highest BCUT2D eigenvalue weighted by atomic mass is 16.7. The number of carbonyl (C=O) groups is 1. The Balaban J connectivity index is 1.57. The average molecular weight is 413 g/mol. The summed E-state index contributed by atoms with van der Waals surface area (Å²) in [6.45, 7) is 2.94. The van der Waals surface area contributed by atoms with E-state index in [4.69, 9.17) is 9.47 Å². The zero-order chi connectivity index (χ0) is 21.4. The Bertz CT molecular complexity index is 789. The van der Waals surface area contributed by atoms with Crippen LogP contribution in [-0.2, 0) is 15.1 Å². The highest BCUT2D eigenvalue weighted by molar-refractivity contribution is 5.64. The van der Waals surface area contributed by atoms with Gasteiger partial charge in [-0.1, -0.05) is 56.2 Å². The fourth-order valence-corrected chi connectivity index (χ4v) is 3.92. The van der Waals surface area contributed by atoms with Crippen LogP contribution in [0.5, 0.6) is 5.75 Å². The molecule has 2 aromatic rings. The van der Waals surface area contributed by atoms with Crippen molar-refractivity contribution >= 4 is 6.16 Å². The van der Waals surface area contributed by atoms with Crippen molar-refractivity contribution in [3.05, 3.63) is 54.1 Å². The molecule has 0 amide bonds. The lowest BCUT2D eigenvalue weighted by Gasteiger charge is -2.36. The second kappa shape index (κ2) is 10.5. The largest absolute Gasteiger partial charge is 0.508 e. The van der Waals surface area contributed by atoms with E-state index in [1.54, 1.807) is 0 Å². The Hall–Kier alpha value is -2.53. The summed E-state index contributed by atoms with van der Waals surface area (Å²) in [7, 11) is 1.30. The van der Waals surface area contributed by atoms with Crippen molar-refractivity contribution in [2.24, 2.45) is 0 Å². The molecule has 0 aromatic heterocycles. The molecule has 0 unspecified atom stereocenters. The van der Waals surface area contributed by atoms with E-state index in [1.807, 2.05) is 36.4 Å². The maximum Gasteiger partial charge on any atom is 0.508 e. The van der Waals surface area contributed by atoms with Crippen molar-refractivity contribution in [3.8, 4) is 16.9 Å². The average Bonchev–Trinajstić information content (AvgIpc) is 2.79. The van der Waals surface area contributed by atoms with E-state index >= 15 is 0 Å². The van der Waals surface area contributed by atoms with Crippen LogP contribution in [0.25, 0.3) is 11.1 Å². The van der Waals surface area contributed by atoms with E-state index in [0.717, 1.165) is 35.5 Å². The van der Waals surface area contributed by atoms with Crippen molar-refractivity contribution in [1.82, 2.24) is 0 Å². The zero-order valence-corrected chi connectivity index (χ0v) is 17.9. The standard InChI is InChI=1S/C25H32O5/c1-3-4-5-18-29-22-12-8-20(9-13-22)19-6-10-21(11-7-19)25(27)16-14-23(15-17-25)30-24(26)28-2/h6-13,23,27H,3-5,14-18H2,1-2H3. The zero-order valence-electron chi connectivity index (χ0n) is 17.9. The van der Waals surface area contributed by atoms with Gasteiger partial charge in [0.1, 0.15) is 11.9 Å².